The van der Waals surface area contributed by atoms with Gasteiger partial charge in [-0.05, 0) is 38.9 Å². The molecule has 0 fully saturated rings. The Kier molecular flexibility index (Phi) is 5.35. The van der Waals surface area contributed by atoms with Gasteiger partial charge in [-0.3, -0.25) is 0 Å². The van der Waals surface area contributed by atoms with E-state index in [1.54, 1.807) is 0 Å². The Morgan fingerprint density at radius 3 is 2.69 bits per heavy atom. The third kappa shape index (κ3) is 3.25. The molecule has 0 aliphatic heterocycles. The maximum absolute atomic E-state index is 5.47. The van der Waals surface area contributed by atoms with Crippen LogP contribution in [0.3, 0.4) is 0 Å². The molecule has 0 spiro atoms. The fourth-order valence-electron chi connectivity index (χ4n) is 1.68. The van der Waals surface area contributed by atoms with Gasteiger partial charge in [0.15, 0.2) is 0 Å². The van der Waals surface area contributed by atoms with Crippen LogP contribution in [0.25, 0.3) is 0 Å². The van der Waals surface area contributed by atoms with E-state index in [1.165, 1.54) is 5.56 Å². The van der Waals surface area contributed by atoms with Gasteiger partial charge in [0.25, 0.3) is 0 Å². The predicted octanol–water partition coefficient (Wildman–Crippen LogP) is 1.64. The van der Waals surface area contributed by atoms with Crippen LogP contribution in [0, 0.1) is 6.92 Å². The molecule has 0 saturated heterocycles. The van der Waals surface area contributed by atoms with Crippen molar-refractivity contribution in [2.24, 2.45) is 0 Å². The van der Waals surface area contributed by atoms with Crippen LogP contribution in [-0.4, -0.2) is 30.5 Å². The number of ether oxygens (including phenoxy) is 1. The number of nitrogens with zero attached hydrogens (tertiary/aromatic N) is 2. The summed E-state index contributed by atoms with van der Waals surface area (Å²) in [5.41, 5.74) is 3.19. The molecule has 0 aliphatic rings. The van der Waals surface area contributed by atoms with Crippen molar-refractivity contribution in [3.05, 3.63) is 23.0 Å². The van der Waals surface area contributed by atoms with E-state index in [2.05, 4.69) is 28.5 Å². The molecule has 16 heavy (non-hydrogen) atoms. The van der Waals surface area contributed by atoms with Crippen molar-refractivity contribution in [3.63, 3.8) is 0 Å². The standard InChI is InChI=1S/C12H21N3O/c1-5-11-10(7-9(3)14-15-11)12(13-4)8-16-6-2/h7,12-13H,5-6,8H2,1-4H3. The first-order valence-electron chi connectivity index (χ1n) is 5.81. The molecular formula is C12H21N3O. The maximum Gasteiger partial charge on any atom is 0.0677 e. The third-order valence-corrected chi connectivity index (χ3v) is 2.57. The summed E-state index contributed by atoms with van der Waals surface area (Å²) in [4.78, 5) is 0. The Morgan fingerprint density at radius 2 is 2.12 bits per heavy atom. The first-order chi connectivity index (χ1) is 7.72. The van der Waals surface area contributed by atoms with Gasteiger partial charge in [0.2, 0.25) is 0 Å². The summed E-state index contributed by atoms with van der Waals surface area (Å²) in [6.07, 6.45) is 0.896. The van der Waals surface area contributed by atoms with Gasteiger partial charge < -0.3 is 10.1 Å². The summed E-state index contributed by atoms with van der Waals surface area (Å²) in [6.45, 7) is 7.46. The molecule has 0 saturated carbocycles. The average Bonchev–Trinajstić information content (AvgIpc) is 2.30. The molecular weight excluding hydrogens is 202 g/mol. The predicted molar refractivity (Wildman–Crippen MR) is 64.4 cm³/mol. The highest BCUT2D eigenvalue weighted by Gasteiger charge is 2.14. The van der Waals surface area contributed by atoms with E-state index < -0.39 is 0 Å². The minimum absolute atomic E-state index is 0.198. The van der Waals surface area contributed by atoms with Crippen molar-refractivity contribution in [1.29, 1.82) is 0 Å². The van der Waals surface area contributed by atoms with E-state index in [0.717, 1.165) is 24.4 Å². The van der Waals surface area contributed by atoms with Crippen molar-refractivity contribution in [2.45, 2.75) is 33.2 Å². The van der Waals surface area contributed by atoms with Gasteiger partial charge in [0, 0.05) is 6.61 Å². The number of hydrogen-bond acceptors (Lipinski definition) is 4. The van der Waals surface area contributed by atoms with Gasteiger partial charge in [0.05, 0.1) is 24.0 Å². The van der Waals surface area contributed by atoms with Crippen LogP contribution in [-0.2, 0) is 11.2 Å². The lowest BCUT2D eigenvalue weighted by molar-refractivity contribution is 0.125. The number of hydrogen-bond donors (Lipinski definition) is 1. The third-order valence-electron chi connectivity index (χ3n) is 2.57. The molecule has 1 unspecified atom stereocenters. The minimum Gasteiger partial charge on any atom is -0.380 e. The van der Waals surface area contributed by atoms with E-state index in [9.17, 15) is 0 Å². The van der Waals surface area contributed by atoms with Crippen molar-refractivity contribution >= 4 is 0 Å². The lowest BCUT2D eigenvalue weighted by Gasteiger charge is -2.18. The topological polar surface area (TPSA) is 47.0 Å². The van der Waals surface area contributed by atoms with Gasteiger partial charge in [0.1, 0.15) is 0 Å². The molecule has 4 nitrogen and oxygen atoms in total. The Balaban J connectivity index is 2.92. The molecule has 0 aromatic carbocycles. The first kappa shape index (κ1) is 13.1. The van der Waals surface area contributed by atoms with Crippen LogP contribution in [0.4, 0.5) is 0 Å². The average molecular weight is 223 g/mol. The molecule has 0 aliphatic carbocycles. The normalized spacial score (nSPS) is 12.8. The van der Waals surface area contributed by atoms with Crippen LogP contribution in [0.2, 0.25) is 0 Å². The molecule has 0 bridgehead atoms. The molecule has 1 heterocycles. The quantitative estimate of drug-likeness (QED) is 0.796. The van der Waals surface area contributed by atoms with Gasteiger partial charge >= 0.3 is 0 Å². The van der Waals surface area contributed by atoms with E-state index in [0.29, 0.717) is 6.61 Å². The fraction of sp³-hybridized carbons (Fsp3) is 0.667. The largest absolute Gasteiger partial charge is 0.380 e. The summed E-state index contributed by atoms with van der Waals surface area (Å²) in [5, 5.41) is 11.6. The van der Waals surface area contributed by atoms with Crippen molar-refractivity contribution in [3.8, 4) is 0 Å². The number of rotatable bonds is 6. The summed E-state index contributed by atoms with van der Waals surface area (Å²) in [6, 6.07) is 2.29. The van der Waals surface area contributed by atoms with Crippen LogP contribution >= 0.6 is 0 Å². The summed E-state index contributed by atoms with van der Waals surface area (Å²) in [5.74, 6) is 0. The second-order valence-electron chi connectivity index (χ2n) is 3.74. The van der Waals surface area contributed by atoms with E-state index in [-0.39, 0.29) is 6.04 Å². The SMILES string of the molecule is CCOCC(NC)c1cc(C)nnc1CC. The monoisotopic (exact) mass is 223 g/mol. The number of aryl methyl sites for hydroxylation is 2. The summed E-state index contributed by atoms with van der Waals surface area (Å²) >= 11 is 0. The Labute approximate surface area is 97.4 Å². The Bertz CT molecular complexity index is 328. The van der Waals surface area contributed by atoms with E-state index in [4.69, 9.17) is 4.74 Å². The molecule has 90 valence electrons. The zero-order chi connectivity index (χ0) is 12.0. The van der Waals surface area contributed by atoms with Gasteiger partial charge in [-0.15, -0.1) is 0 Å². The van der Waals surface area contributed by atoms with Crippen molar-refractivity contribution in [2.75, 3.05) is 20.3 Å². The molecule has 1 N–H and O–H groups in total. The lowest BCUT2D eigenvalue weighted by atomic mass is 10.0. The molecule has 1 rings (SSSR count). The lowest BCUT2D eigenvalue weighted by Crippen LogP contribution is -2.24. The molecule has 1 atom stereocenters. The fourth-order valence-corrected chi connectivity index (χ4v) is 1.68. The number of aromatic nitrogens is 2. The zero-order valence-corrected chi connectivity index (χ0v) is 10.6. The van der Waals surface area contributed by atoms with Crippen molar-refractivity contribution < 1.29 is 4.74 Å². The highest BCUT2D eigenvalue weighted by molar-refractivity contribution is 5.24. The second-order valence-corrected chi connectivity index (χ2v) is 3.74. The van der Waals surface area contributed by atoms with Crippen molar-refractivity contribution in [1.82, 2.24) is 15.5 Å². The van der Waals surface area contributed by atoms with Crippen LogP contribution < -0.4 is 5.32 Å². The smallest absolute Gasteiger partial charge is 0.0677 e. The van der Waals surface area contributed by atoms with Crippen LogP contribution in [0.15, 0.2) is 6.07 Å². The highest BCUT2D eigenvalue weighted by atomic mass is 16.5. The number of nitrogens with one attached hydrogen (secondary N) is 1. The Morgan fingerprint density at radius 1 is 1.38 bits per heavy atom. The van der Waals surface area contributed by atoms with Crippen LogP contribution in [0.5, 0.6) is 0 Å². The second kappa shape index (κ2) is 6.55. The van der Waals surface area contributed by atoms with E-state index in [1.807, 2.05) is 20.9 Å². The minimum atomic E-state index is 0.198. The maximum atomic E-state index is 5.47. The summed E-state index contributed by atoms with van der Waals surface area (Å²) in [7, 11) is 1.94. The highest BCUT2D eigenvalue weighted by Crippen LogP contribution is 2.17. The molecule has 1 aromatic heterocycles. The Hall–Kier alpha value is -1.00. The molecule has 0 radical (unpaired) electrons. The van der Waals surface area contributed by atoms with Gasteiger partial charge in [-0.2, -0.15) is 10.2 Å². The zero-order valence-electron chi connectivity index (χ0n) is 10.6. The molecule has 1 aromatic rings. The molecule has 0 amide bonds. The van der Waals surface area contributed by atoms with E-state index >= 15 is 0 Å². The number of likely N-dealkylation sites (N-methyl/N-ethyl adjacent to an activating group) is 1. The summed E-state index contributed by atoms with van der Waals surface area (Å²) < 4.78 is 5.47. The van der Waals surface area contributed by atoms with Gasteiger partial charge in [-0.25, -0.2) is 0 Å². The van der Waals surface area contributed by atoms with Gasteiger partial charge in [-0.1, -0.05) is 6.92 Å². The van der Waals surface area contributed by atoms with Crippen LogP contribution in [0.1, 0.15) is 36.8 Å². The molecule has 4 heteroatoms. The first-order valence-corrected chi connectivity index (χ1v) is 5.81.